The lowest BCUT2D eigenvalue weighted by Gasteiger charge is -2.10. The zero-order valence-corrected chi connectivity index (χ0v) is 17.1. The van der Waals surface area contributed by atoms with Crippen LogP contribution in [0.25, 0.3) is 11.3 Å². The van der Waals surface area contributed by atoms with Gasteiger partial charge in [-0.3, -0.25) is 5.32 Å². The van der Waals surface area contributed by atoms with Gasteiger partial charge in [0, 0.05) is 16.0 Å². The van der Waals surface area contributed by atoms with Crippen molar-refractivity contribution in [1.82, 2.24) is 4.98 Å². The minimum atomic E-state index is -0.426. The number of carbonyl (C=O) groups excluding carboxylic acids is 1. The lowest BCUT2D eigenvalue weighted by atomic mass is 10.2. The van der Waals surface area contributed by atoms with Gasteiger partial charge >= 0.3 is 6.03 Å². The number of urea groups is 1. The van der Waals surface area contributed by atoms with Gasteiger partial charge in [-0.15, -0.1) is 11.3 Å². The van der Waals surface area contributed by atoms with Crippen molar-refractivity contribution in [2.45, 2.75) is 13.3 Å². The highest BCUT2D eigenvalue weighted by atomic mass is 35.5. The number of nitrogens with one attached hydrogen (secondary N) is 2. The average Bonchev–Trinajstić information content (AvgIpc) is 3.15. The molecule has 2 N–H and O–H groups in total. The fraction of sp³-hybridized carbons (Fsp3) is 0.200. The lowest BCUT2D eigenvalue weighted by molar-refractivity contribution is 0.262. The van der Waals surface area contributed by atoms with E-state index in [2.05, 4.69) is 22.5 Å². The molecule has 28 heavy (non-hydrogen) atoms. The van der Waals surface area contributed by atoms with Gasteiger partial charge in [0.15, 0.2) is 5.13 Å². The maximum absolute atomic E-state index is 12.3. The van der Waals surface area contributed by atoms with Gasteiger partial charge in [0.05, 0.1) is 25.1 Å². The van der Waals surface area contributed by atoms with Gasteiger partial charge in [-0.05, 0) is 48.9 Å². The summed E-state index contributed by atoms with van der Waals surface area (Å²) in [7, 11) is 1.53. The zero-order chi connectivity index (χ0) is 19.9. The van der Waals surface area contributed by atoms with E-state index in [-0.39, 0.29) is 0 Å². The Morgan fingerprint density at radius 3 is 2.68 bits per heavy atom. The monoisotopic (exact) mass is 417 g/mol. The maximum atomic E-state index is 12.3. The van der Waals surface area contributed by atoms with Gasteiger partial charge in [0.1, 0.15) is 11.5 Å². The first-order valence-electron chi connectivity index (χ1n) is 8.69. The number of thiazole rings is 1. The van der Waals surface area contributed by atoms with Crippen LogP contribution >= 0.6 is 22.9 Å². The molecule has 1 aromatic heterocycles. The van der Waals surface area contributed by atoms with Crippen LogP contribution in [0.3, 0.4) is 0 Å². The number of halogens is 1. The van der Waals surface area contributed by atoms with E-state index in [1.165, 1.54) is 18.4 Å². The van der Waals surface area contributed by atoms with Crippen molar-refractivity contribution in [3.63, 3.8) is 0 Å². The number of nitrogens with zero attached hydrogens (tertiary/aromatic N) is 1. The molecular weight excluding hydrogens is 398 g/mol. The van der Waals surface area contributed by atoms with E-state index in [1.807, 2.05) is 29.6 Å². The molecule has 2 aromatic carbocycles. The Morgan fingerprint density at radius 2 is 1.96 bits per heavy atom. The van der Waals surface area contributed by atoms with Gasteiger partial charge < -0.3 is 14.8 Å². The smallest absolute Gasteiger partial charge is 0.325 e. The van der Waals surface area contributed by atoms with Crippen LogP contribution in [0.2, 0.25) is 5.02 Å². The average molecular weight is 418 g/mol. The standard InChI is InChI=1S/C20H20ClN3O3S/c1-3-10-27-15-7-4-13(5-8-15)17-12-28-20(23-17)24-19(25)22-16-11-14(21)6-9-18(16)26-2/h4-9,11-12H,3,10H2,1-2H3,(H2,22,23,24,25). The van der Waals surface area contributed by atoms with E-state index in [9.17, 15) is 4.79 Å². The van der Waals surface area contributed by atoms with Gasteiger partial charge in [-0.1, -0.05) is 18.5 Å². The molecule has 3 rings (SSSR count). The van der Waals surface area contributed by atoms with Crippen molar-refractivity contribution >= 4 is 39.8 Å². The van der Waals surface area contributed by atoms with Gasteiger partial charge in [0.25, 0.3) is 0 Å². The molecule has 0 bridgehead atoms. The van der Waals surface area contributed by atoms with Crippen molar-refractivity contribution in [3.8, 4) is 22.8 Å². The summed E-state index contributed by atoms with van der Waals surface area (Å²) >= 11 is 7.32. The van der Waals surface area contributed by atoms with Gasteiger partial charge in [-0.25, -0.2) is 9.78 Å². The summed E-state index contributed by atoms with van der Waals surface area (Å²) in [6.07, 6.45) is 0.964. The van der Waals surface area contributed by atoms with Crippen molar-refractivity contribution in [3.05, 3.63) is 52.9 Å². The second-order valence-corrected chi connectivity index (χ2v) is 7.13. The molecule has 0 radical (unpaired) electrons. The van der Waals surface area contributed by atoms with Crippen molar-refractivity contribution in [2.24, 2.45) is 0 Å². The van der Waals surface area contributed by atoms with Crippen LogP contribution < -0.4 is 20.1 Å². The Kier molecular flexibility index (Phi) is 6.73. The maximum Gasteiger partial charge on any atom is 0.325 e. The van der Waals surface area contributed by atoms with Crippen molar-refractivity contribution in [1.29, 1.82) is 0 Å². The number of rotatable bonds is 7. The molecule has 3 aromatic rings. The summed E-state index contributed by atoms with van der Waals surface area (Å²) in [6, 6.07) is 12.3. The Morgan fingerprint density at radius 1 is 1.18 bits per heavy atom. The Bertz CT molecular complexity index is 944. The molecule has 0 saturated heterocycles. The summed E-state index contributed by atoms with van der Waals surface area (Å²) in [6.45, 7) is 2.76. The topological polar surface area (TPSA) is 72.5 Å². The molecule has 2 amide bonds. The van der Waals surface area contributed by atoms with E-state index >= 15 is 0 Å². The molecule has 0 unspecified atom stereocenters. The molecule has 8 heteroatoms. The fourth-order valence-electron chi connectivity index (χ4n) is 2.43. The third kappa shape index (κ3) is 5.15. The summed E-state index contributed by atoms with van der Waals surface area (Å²) in [5.41, 5.74) is 2.21. The number of hydrogen-bond acceptors (Lipinski definition) is 5. The molecule has 0 spiro atoms. The van der Waals surface area contributed by atoms with Crippen molar-refractivity contribution in [2.75, 3.05) is 24.4 Å². The molecule has 0 aliphatic rings. The predicted molar refractivity (Wildman–Crippen MR) is 114 cm³/mol. The first kappa shape index (κ1) is 20.0. The van der Waals surface area contributed by atoms with Crippen LogP contribution in [0.15, 0.2) is 47.8 Å². The molecule has 146 valence electrons. The third-order valence-electron chi connectivity index (χ3n) is 3.76. The third-order valence-corrected chi connectivity index (χ3v) is 4.75. The second-order valence-electron chi connectivity index (χ2n) is 5.83. The highest BCUT2D eigenvalue weighted by Crippen LogP contribution is 2.29. The largest absolute Gasteiger partial charge is 0.495 e. The second kappa shape index (κ2) is 9.43. The van der Waals surface area contributed by atoms with E-state index < -0.39 is 6.03 Å². The summed E-state index contributed by atoms with van der Waals surface area (Å²) < 4.78 is 10.8. The quantitative estimate of drug-likeness (QED) is 0.501. The van der Waals surface area contributed by atoms with Crippen LogP contribution in [-0.2, 0) is 0 Å². The molecule has 0 atom stereocenters. The van der Waals surface area contributed by atoms with E-state index in [0.717, 1.165) is 23.4 Å². The normalized spacial score (nSPS) is 10.4. The number of ether oxygens (including phenoxy) is 2. The number of methoxy groups -OCH3 is 1. The first-order valence-corrected chi connectivity index (χ1v) is 9.95. The van der Waals surface area contributed by atoms with E-state index in [0.29, 0.717) is 28.2 Å². The number of carbonyl (C=O) groups is 1. The number of aromatic nitrogens is 1. The Labute approximate surface area is 172 Å². The molecule has 0 aliphatic heterocycles. The highest BCUT2D eigenvalue weighted by molar-refractivity contribution is 7.14. The van der Waals surface area contributed by atoms with Crippen LogP contribution in [0, 0.1) is 0 Å². The number of anilines is 2. The summed E-state index contributed by atoms with van der Waals surface area (Å²) in [4.78, 5) is 16.7. The first-order chi connectivity index (χ1) is 13.6. The summed E-state index contributed by atoms with van der Waals surface area (Å²) in [5.74, 6) is 1.35. The molecule has 6 nitrogen and oxygen atoms in total. The Balaban J connectivity index is 1.64. The van der Waals surface area contributed by atoms with Crippen LogP contribution in [0.5, 0.6) is 11.5 Å². The number of amides is 2. The minimum absolute atomic E-state index is 0.426. The number of hydrogen-bond donors (Lipinski definition) is 2. The highest BCUT2D eigenvalue weighted by Gasteiger charge is 2.11. The summed E-state index contributed by atoms with van der Waals surface area (Å²) in [5, 5.41) is 8.31. The van der Waals surface area contributed by atoms with Crippen molar-refractivity contribution < 1.29 is 14.3 Å². The molecule has 0 saturated carbocycles. The van der Waals surface area contributed by atoms with E-state index in [4.69, 9.17) is 21.1 Å². The molecular formula is C20H20ClN3O3S. The number of benzene rings is 2. The zero-order valence-electron chi connectivity index (χ0n) is 15.5. The predicted octanol–water partition coefficient (Wildman–Crippen LogP) is 5.90. The Hall–Kier alpha value is -2.77. The van der Waals surface area contributed by atoms with Crippen LogP contribution in [0.4, 0.5) is 15.6 Å². The molecule has 0 fully saturated rings. The lowest BCUT2D eigenvalue weighted by Crippen LogP contribution is -2.19. The molecule has 0 aliphatic carbocycles. The van der Waals surface area contributed by atoms with Crippen LogP contribution in [-0.4, -0.2) is 24.7 Å². The van der Waals surface area contributed by atoms with Crippen LogP contribution in [0.1, 0.15) is 13.3 Å². The SMILES string of the molecule is CCCOc1ccc(-c2csc(NC(=O)Nc3cc(Cl)ccc3OC)n2)cc1. The van der Waals surface area contributed by atoms with E-state index in [1.54, 1.807) is 18.2 Å². The fourth-order valence-corrected chi connectivity index (χ4v) is 3.32. The van der Waals surface area contributed by atoms with Gasteiger partial charge in [-0.2, -0.15) is 0 Å². The minimum Gasteiger partial charge on any atom is -0.495 e. The molecule has 1 heterocycles. The van der Waals surface area contributed by atoms with Gasteiger partial charge in [0.2, 0.25) is 0 Å².